The van der Waals surface area contributed by atoms with Crippen LogP contribution >= 0.6 is 15.9 Å². The molecule has 0 amide bonds. The summed E-state index contributed by atoms with van der Waals surface area (Å²) in [6.07, 6.45) is 11.1. The van der Waals surface area contributed by atoms with Crippen LogP contribution in [0.5, 0.6) is 0 Å². The molecule has 2 nitrogen and oxygen atoms in total. The van der Waals surface area contributed by atoms with E-state index in [0.717, 1.165) is 24.0 Å². The highest BCUT2D eigenvalue weighted by molar-refractivity contribution is 9.11. The fourth-order valence-electron chi connectivity index (χ4n) is 2.84. The average molecular weight is 337 g/mol. The molecule has 0 aromatic carbocycles. The molecule has 1 fully saturated rings. The molecule has 3 heteroatoms. The number of hydrogen-bond donors (Lipinski definition) is 1. The van der Waals surface area contributed by atoms with Crippen LogP contribution in [0.3, 0.4) is 0 Å². The van der Waals surface area contributed by atoms with Crippen molar-refractivity contribution in [1.29, 1.82) is 0 Å². The number of hydrogen-bond acceptors (Lipinski definition) is 2. The lowest BCUT2D eigenvalue weighted by molar-refractivity contribution is 0.287. The van der Waals surface area contributed by atoms with E-state index in [1.54, 1.807) is 0 Å². The first-order valence-corrected chi connectivity index (χ1v) is 8.42. The Bertz CT molecular complexity index is 461. The van der Waals surface area contributed by atoms with Crippen LogP contribution in [0.15, 0.2) is 39.7 Å². The molecule has 0 radical (unpaired) electrons. The van der Waals surface area contributed by atoms with Crippen LogP contribution in [0.1, 0.15) is 39.5 Å². The molecule has 1 unspecified atom stereocenters. The van der Waals surface area contributed by atoms with E-state index in [1.165, 1.54) is 30.5 Å². The van der Waals surface area contributed by atoms with Gasteiger partial charge in [-0.05, 0) is 43.8 Å². The van der Waals surface area contributed by atoms with Gasteiger partial charge in [-0.1, -0.05) is 41.6 Å². The molecule has 1 heterocycles. The molecule has 110 valence electrons. The maximum Gasteiger partial charge on any atom is 0.0848 e. The fourth-order valence-corrected chi connectivity index (χ4v) is 3.09. The van der Waals surface area contributed by atoms with E-state index < -0.39 is 0 Å². The first-order valence-electron chi connectivity index (χ1n) is 7.63. The third-order valence-corrected chi connectivity index (χ3v) is 4.33. The molecule has 0 saturated carbocycles. The van der Waals surface area contributed by atoms with Gasteiger partial charge in [-0.3, -0.25) is 0 Å². The standard InChI is InChI=1S/C17H25BrN2/c1-13(2)12-16(19)15-8-6-14(18)7-9-17(15)20-10-4-3-5-11-20/h6-8,13,16H,3-5,10-12,19H2,1-2H3. The molecule has 1 aliphatic heterocycles. The second-order valence-electron chi connectivity index (χ2n) is 6.09. The Morgan fingerprint density at radius 3 is 2.60 bits per heavy atom. The van der Waals surface area contributed by atoms with Crippen molar-refractivity contribution in [3.63, 3.8) is 0 Å². The van der Waals surface area contributed by atoms with Crippen LogP contribution in [-0.4, -0.2) is 24.0 Å². The normalized spacial score (nSPS) is 21.2. The molecule has 0 aromatic heterocycles. The third kappa shape index (κ3) is 4.12. The molecule has 20 heavy (non-hydrogen) atoms. The number of allylic oxidation sites excluding steroid dienone is 3. The zero-order chi connectivity index (χ0) is 14.5. The topological polar surface area (TPSA) is 29.3 Å². The number of nitrogens with two attached hydrogens (primary N) is 1. The number of likely N-dealkylation sites (tertiary alicyclic amines) is 1. The quantitative estimate of drug-likeness (QED) is 0.783. The van der Waals surface area contributed by atoms with E-state index in [2.05, 4.69) is 52.6 Å². The molecular formula is C17H25BrN2. The number of piperidine rings is 1. The van der Waals surface area contributed by atoms with Gasteiger partial charge in [-0.15, -0.1) is 0 Å². The molecule has 1 atom stereocenters. The monoisotopic (exact) mass is 336 g/mol. The lowest BCUT2D eigenvalue weighted by Gasteiger charge is -2.32. The summed E-state index contributed by atoms with van der Waals surface area (Å²) in [6, 6.07) is 0.0856. The van der Waals surface area contributed by atoms with Crippen molar-refractivity contribution < 1.29 is 0 Å². The Balaban J connectivity index is 2.27. The smallest absolute Gasteiger partial charge is 0.0848 e. The van der Waals surface area contributed by atoms with Crippen LogP contribution in [0.4, 0.5) is 0 Å². The summed E-state index contributed by atoms with van der Waals surface area (Å²) in [5.41, 5.74) is 12.3. The van der Waals surface area contributed by atoms with Gasteiger partial charge < -0.3 is 10.6 Å². The second-order valence-corrected chi connectivity index (χ2v) is 7.01. The Morgan fingerprint density at radius 1 is 1.25 bits per heavy atom. The summed E-state index contributed by atoms with van der Waals surface area (Å²) in [6.45, 7) is 6.70. The second kappa shape index (κ2) is 7.31. The van der Waals surface area contributed by atoms with E-state index in [9.17, 15) is 0 Å². The molecule has 0 bridgehead atoms. The zero-order valence-electron chi connectivity index (χ0n) is 12.5. The summed E-state index contributed by atoms with van der Waals surface area (Å²) in [5.74, 6) is 0.605. The number of rotatable bonds is 4. The van der Waals surface area contributed by atoms with E-state index >= 15 is 0 Å². The molecule has 0 spiro atoms. The maximum atomic E-state index is 6.45. The van der Waals surface area contributed by atoms with Gasteiger partial charge in [0.2, 0.25) is 0 Å². The van der Waals surface area contributed by atoms with Crippen molar-refractivity contribution in [1.82, 2.24) is 4.90 Å². The maximum absolute atomic E-state index is 6.45. The molecule has 2 rings (SSSR count). The summed E-state index contributed by atoms with van der Waals surface area (Å²) in [7, 11) is 0. The summed E-state index contributed by atoms with van der Waals surface area (Å²) < 4.78 is 1.05. The van der Waals surface area contributed by atoms with Crippen molar-refractivity contribution in [2.75, 3.05) is 13.1 Å². The highest BCUT2D eigenvalue weighted by Gasteiger charge is 2.22. The van der Waals surface area contributed by atoms with Gasteiger partial charge in [0, 0.05) is 29.2 Å². The van der Waals surface area contributed by atoms with E-state index in [1.807, 2.05) is 6.08 Å². The predicted octanol–water partition coefficient (Wildman–Crippen LogP) is 4.10. The highest BCUT2D eigenvalue weighted by Crippen LogP contribution is 2.26. The van der Waals surface area contributed by atoms with Crippen molar-refractivity contribution in [3.8, 4) is 0 Å². The van der Waals surface area contributed by atoms with Gasteiger partial charge in [-0.25, -0.2) is 0 Å². The first-order chi connectivity index (χ1) is 9.58. The van der Waals surface area contributed by atoms with Gasteiger partial charge in [0.25, 0.3) is 0 Å². The molecule has 1 saturated heterocycles. The van der Waals surface area contributed by atoms with Crippen molar-refractivity contribution in [3.05, 3.63) is 39.7 Å². The summed E-state index contributed by atoms with van der Waals surface area (Å²) in [5, 5.41) is 0. The number of halogens is 1. The summed E-state index contributed by atoms with van der Waals surface area (Å²) >= 11 is 3.54. The van der Waals surface area contributed by atoms with E-state index in [-0.39, 0.29) is 6.04 Å². The number of nitrogens with zero attached hydrogens (tertiary/aromatic N) is 1. The van der Waals surface area contributed by atoms with Gasteiger partial charge in [0.15, 0.2) is 0 Å². The predicted molar refractivity (Wildman–Crippen MR) is 89.5 cm³/mol. The minimum Gasteiger partial charge on any atom is -0.365 e. The van der Waals surface area contributed by atoms with E-state index in [4.69, 9.17) is 5.73 Å². The minimum absolute atomic E-state index is 0.0856. The summed E-state index contributed by atoms with van der Waals surface area (Å²) in [4.78, 5) is 2.45. The lowest BCUT2D eigenvalue weighted by atomic mass is 9.94. The Hall–Kier alpha value is -0.760. The first kappa shape index (κ1) is 15.6. The van der Waals surface area contributed by atoms with Crippen LogP contribution in [0.2, 0.25) is 0 Å². The van der Waals surface area contributed by atoms with Crippen LogP contribution in [0.25, 0.3) is 0 Å². The van der Waals surface area contributed by atoms with E-state index in [0.29, 0.717) is 5.92 Å². The molecule has 1 aliphatic carbocycles. The van der Waals surface area contributed by atoms with Crippen molar-refractivity contribution >= 4 is 15.9 Å². The van der Waals surface area contributed by atoms with Gasteiger partial charge in [0.05, 0.1) is 5.70 Å². The highest BCUT2D eigenvalue weighted by atomic mass is 79.9. The van der Waals surface area contributed by atoms with Gasteiger partial charge >= 0.3 is 0 Å². The third-order valence-electron chi connectivity index (χ3n) is 3.84. The molecule has 2 aliphatic rings. The average Bonchev–Trinajstić information content (AvgIpc) is 2.61. The van der Waals surface area contributed by atoms with Gasteiger partial charge in [0.1, 0.15) is 0 Å². The van der Waals surface area contributed by atoms with Crippen LogP contribution < -0.4 is 5.73 Å². The minimum atomic E-state index is 0.0856. The molecule has 0 aromatic rings. The van der Waals surface area contributed by atoms with Crippen molar-refractivity contribution in [2.45, 2.75) is 45.6 Å². The Morgan fingerprint density at radius 2 is 1.95 bits per heavy atom. The largest absolute Gasteiger partial charge is 0.365 e. The fraction of sp³-hybridized carbons (Fsp3) is 0.588. The zero-order valence-corrected chi connectivity index (χ0v) is 14.1. The van der Waals surface area contributed by atoms with Crippen LogP contribution in [0, 0.1) is 5.92 Å². The van der Waals surface area contributed by atoms with Crippen LogP contribution in [-0.2, 0) is 0 Å². The van der Waals surface area contributed by atoms with Crippen molar-refractivity contribution in [2.24, 2.45) is 11.7 Å². The van der Waals surface area contributed by atoms with Gasteiger partial charge in [-0.2, -0.15) is 0 Å². The lowest BCUT2D eigenvalue weighted by Crippen LogP contribution is -2.34. The Labute approximate surface area is 131 Å². The molecular weight excluding hydrogens is 312 g/mol. The molecule has 2 N–H and O–H groups in total. The SMILES string of the molecule is CC(C)CC(N)C1=CC=C(Br)C=C=C1N1CCCCC1. The Kier molecular flexibility index (Phi) is 5.71.